The molecule has 6 heteroatoms. The van der Waals surface area contributed by atoms with Crippen LogP contribution in [0.4, 0.5) is 0 Å². The standard InChI is InChI=1S/C28H22NOS.C18H22NSi.Ir/c1-30-25-9-5-4-7-21(25)19-10-12-23-24-16-20(11-13-26(24)31-27(23)17-19)28-22-8-3-2-6-18(22)14-15-29-28;1-20(2,3)15-11-12-18(19-13-15)17-10-6-8-14-7-4-5-9-16(14)17;/h4-5,7,9-10,12-17H,2-3,6,8H2,1H3;6,8,11-13H,4-5,7,9H2,1-3H3;/q2*-1;/i6D2,8D2;;. The number of para-hydroxylation sites is 1. The number of benzene rings is 4. The van der Waals surface area contributed by atoms with E-state index in [4.69, 9.17) is 15.2 Å². The predicted octanol–water partition coefficient (Wildman–Crippen LogP) is 11.4. The Labute approximate surface area is 332 Å². The monoisotopic (exact) mass is 897 g/mol. The van der Waals surface area contributed by atoms with Gasteiger partial charge in [-0.2, -0.15) is 11.3 Å². The second-order valence-electron chi connectivity index (χ2n) is 14.3. The number of nitrogens with zero attached hydrogens (tertiary/aromatic N) is 2. The second-order valence-corrected chi connectivity index (χ2v) is 20.5. The Morgan fingerprint density at radius 3 is 2.46 bits per heavy atom. The summed E-state index contributed by atoms with van der Waals surface area (Å²) >= 11 is 1.69. The van der Waals surface area contributed by atoms with Crippen molar-refractivity contribution in [3.05, 3.63) is 132 Å². The molecule has 0 atom stereocenters. The molecule has 4 aromatic carbocycles. The Kier molecular flexibility index (Phi) is 9.46. The van der Waals surface area contributed by atoms with Gasteiger partial charge in [-0.3, -0.25) is 0 Å². The topological polar surface area (TPSA) is 35.0 Å². The second kappa shape index (κ2) is 15.6. The van der Waals surface area contributed by atoms with Crippen molar-refractivity contribution in [1.29, 1.82) is 0 Å². The summed E-state index contributed by atoms with van der Waals surface area (Å²) in [5.74, 6) is 0.831. The first-order chi connectivity index (χ1) is 26.3. The van der Waals surface area contributed by atoms with Gasteiger partial charge in [0.05, 0.1) is 15.2 Å². The number of ether oxygens (including phenoxy) is 1. The summed E-state index contributed by atoms with van der Waals surface area (Å²) in [4.78, 5) is 9.25. The van der Waals surface area contributed by atoms with E-state index in [2.05, 4.69) is 91.5 Å². The molecule has 0 amide bonds. The Morgan fingerprint density at radius 1 is 0.788 bits per heavy atom. The summed E-state index contributed by atoms with van der Waals surface area (Å²) in [6.07, 6.45) is 5.73. The number of aryl methyl sites for hydroxylation is 2. The average Bonchev–Trinajstić information content (AvgIpc) is 3.56. The van der Waals surface area contributed by atoms with E-state index in [0.717, 1.165) is 42.7 Å². The maximum absolute atomic E-state index is 8.62. The minimum atomic E-state index is -1.65. The van der Waals surface area contributed by atoms with E-state index in [0.29, 0.717) is 22.4 Å². The summed E-state index contributed by atoms with van der Waals surface area (Å²) in [7, 11) is 0.421. The fourth-order valence-corrected chi connectivity index (χ4v) is 9.35. The van der Waals surface area contributed by atoms with Gasteiger partial charge in [-0.15, -0.1) is 58.7 Å². The smallest absolute Gasteiger partial charge is 0.126 e. The molecule has 0 fully saturated rings. The van der Waals surface area contributed by atoms with Gasteiger partial charge in [-0.1, -0.05) is 97.9 Å². The minimum Gasteiger partial charge on any atom is -0.496 e. The first-order valence-electron chi connectivity index (χ1n) is 19.9. The van der Waals surface area contributed by atoms with Gasteiger partial charge in [0.2, 0.25) is 0 Å². The van der Waals surface area contributed by atoms with Gasteiger partial charge >= 0.3 is 0 Å². The summed E-state index contributed by atoms with van der Waals surface area (Å²) in [6.45, 7) is 7.08. The fourth-order valence-electron chi connectivity index (χ4n) is 7.21. The molecule has 9 rings (SSSR count). The number of hydrogen-bond donors (Lipinski definition) is 0. The van der Waals surface area contributed by atoms with Gasteiger partial charge in [-0.05, 0) is 82.4 Å². The molecule has 2 aliphatic carbocycles. The third-order valence-electron chi connectivity index (χ3n) is 9.98. The summed E-state index contributed by atoms with van der Waals surface area (Å²) in [5.41, 5.74) is 9.32. The van der Waals surface area contributed by atoms with Crippen LogP contribution in [0.15, 0.2) is 97.3 Å². The first-order valence-corrected chi connectivity index (χ1v) is 22.2. The molecule has 7 aromatic rings. The summed E-state index contributed by atoms with van der Waals surface area (Å²) in [5, 5.41) is 3.59. The van der Waals surface area contributed by atoms with Gasteiger partial charge in [-0.25, -0.2) is 0 Å². The molecule has 0 N–H and O–H groups in total. The number of fused-ring (bicyclic) bond motifs is 5. The predicted molar refractivity (Wildman–Crippen MR) is 218 cm³/mol. The van der Waals surface area contributed by atoms with Crippen LogP contribution in [-0.2, 0) is 45.7 Å². The van der Waals surface area contributed by atoms with E-state index in [-0.39, 0.29) is 32.9 Å². The van der Waals surface area contributed by atoms with Gasteiger partial charge in [0.25, 0.3) is 0 Å². The van der Waals surface area contributed by atoms with E-state index < -0.39 is 20.8 Å². The molecule has 1 radical (unpaired) electrons. The Bertz CT molecular complexity index is 2550. The fraction of sp³-hybridized carbons (Fsp3) is 0.261. The van der Waals surface area contributed by atoms with Crippen LogP contribution in [0.2, 0.25) is 19.6 Å². The molecule has 2 aliphatic rings. The van der Waals surface area contributed by atoms with Crippen LogP contribution in [0, 0.1) is 12.1 Å². The maximum atomic E-state index is 8.62. The van der Waals surface area contributed by atoms with Crippen molar-refractivity contribution in [2.75, 3.05) is 7.11 Å². The summed E-state index contributed by atoms with van der Waals surface area (Å²) in [6, 6.07) is 35.4. The molecule has 0 aliphatic heterocycles. The Balaban J connectivity index is 0.000000195. The molecule has 0 saturated heterocycles. The van der Waals surface area contributed by atoms with Crippen LogP contribution >= 0.6 is 11.3 Å². The van der Waals surface area contributed by atoms with Crippen LogP contribution in [0.3, 0.4) is 0 Å². The zero-order chi connectivity index (χ0) is 38.5. The third kappa shape index (κ3) is 7.32. The Morgan fingerprint density at radius 2 is 1.63 bits per heavy atom. The molecule has 52 heavy (non-hydrogen) atoms. The number of thiophene rings is 1. The van der Waals surface area contributed by atoms with Crippen molar-refractivity contribution in [2.45, 2.75) is 70.9 Å². The van der Waals surface area contributed by atoms with Crippen molar-refractivity contribution in [1.82, 2.24) is 9.97 Å². The average molecular weight is 897 g/mol. The number of aromatic nitrogens is 2. The molecule has 3 nitrogen and oxygen atoms in total. The largest absolute Gasteiger partial charge is 0.496 e. The van der Waals surface area contributed by atoms with Crippen molar-refractivity contribution < 1.29 is 30.3 Å². The summed E-state index contributed by atoms with van der Waals surface area (Å²) < 4.78 is 41.9. The van der Waals surface area contributed by atoms with Crippen LogP contribution in [0.5, 0.6) is 5.75 Å². The Hall–Kier alpha value is -3.93. The first kappa shape index (κ1) is 31.6. The normalized spacial score (nSPS) is 16.8. The van der Waals surface area contributed by atoms with Crippen LogP contribution in [-0.4, -0.2) is 25.2 Å². The van der Waals surface area contributed by atoms with E-state index in [1.165, 1.54) is 47.6 Å². The molecule has 0 bridgehead atoms. The molecular weight excluding hydrogens is 849 g/mol. The van der Waals surface area contributed by atoms with E-state index >= 15 is 0 Å². The van der Waals surface area contributed by atoms with Gasteiger partial charge in [0.1, 0.15) is 5.75 Å². The van der Waals surface area contributed by atoms with Crippen LogP contribution < -0.4 is 9.92 Å². The molecular formula is C46H44IrN2OSSi-2. The van der Waals surface area contributed by atoms with Gasteiger partial charge < -0.3 is 14.7 Å². The van der Waals surface area contributed by atoms with Crippen molar-refractivity contribution >= 4 is 44.8 Å². The third-order valence-corrected chi connectivity index (χ3v) is 13.1. The number of pyridine rings is 2. The molecule has 0 spiro atoms. The zero-order valence-electron chi connectivity index (χ0n) is 34.0. The zero-order valence-corrected chi connectivity index (χ0v) is 34.2. The number of methoxy groups -OCH3 is 1. The van der Waals surface area contributed by atoms with Crippen LogP contribution in [0.25, 0.3) is 53.8 Å². The maximum Gasteiger partial charge on any atom is 0.126 e. The van der Waals surface area contributed by atoms with E-state index in [1.54, 1.807) is 30.7 Å². The molecule has 3 heterocycles. The van der Waals surface area contributed by atoms with Crippen molar-refractivity contribution in [3.63, 3.8) is 0 Å². The number of hydrogen-bond acceptors (Lipinski definition) is 4. The van der Waals surface area contributed by atoms with Gasteiger partial charge in [0.15, 0.2) is 0 Å². The van der Waals surface area contributed by atoms with Crippen molar-refractivity contribution in [2.24, 2.45) is 0 Å². The van der Waals surface area contributed by atoms with E-state index in [9.17, 15) is 0 Å². The molecule has 265 valence electrons. The quantitative estimate of drug-likeness (QED) is 0.128. The SMILES string of the molecule is C[Si](C)(C)c1ccc(-c2[c-]ccc3c2CCCC3)nc1.[2H]C1([2H])CCC([2H])([2H])c2c1ccnc2-c1[c-]cc2sc3cc(-c4ccccc4OC)ccc3c2c1.[Ir]. The van der Waals surface area contributed by atoms with Gasteiger partial charge in [0, 0.05) is 48.2 Å². The van der Waals surface area contributed by atoms with Crippen molar-refractivity contribution in [3.8, 4) is 39.4 Å². The molecule has 0 saturated carbocycles. The number of rotatable bonds is 5. The molecule has 3 aromatic heterocycles. The van der Waals surface area contributed by atoms with Crippen LogP contribution in [0.1, 0.15) is 53.4 Å². The van der Waals surface area contributed by atoms with E-state index in [1.807, 2.05) is 30.3 Å². The minimum absolute atomic E-state index is 0. The molecule has 0 unspecified atom stereocenters.